The molecule has 100 valence electrons. The van der Waals surface area contributed by atoms with E-state index in [1.165, 1.54) is 7.11 Å². The van der Waals surface area contributed by atoms with Crippen LogP contribution in [0, 0.1) is 12.8 Å². The van der Waals surface area contributed by atoms with Gasteiger partial charge < -0.3 is 9.84 Å². The Morgan fingerprint density at radius 1 is 1.56 bits per heavy atom. The van der Waals surface area contributed by atoms with E-state index >= 15 is 0 Å². The van der Waals surface area contributed by atoms with E-state index in [1.807, 2.05) is 13.8 Å². The summed E-state index contributed by atoms with van der Waals surface area (Å²) in [6.07, 6.45) is 0.0528. The lowest BCUT2D eigenvalue weighted by atomic mass is 10.0. The van der Waals surface area contributed by atoms with Gasteiger partial charge in [-0.25, -0.2) is 0 Å². The molecule has 1 rings (SSSR count). The van der Waals surface area contributed by atoms with E-state index in [1.54, 1.807) is 4.68 Å². The Morgan fingerprint density at radius 3 is 2.61 bits per heavy atom. The number of carboxylic acids is 1. The highest BCUT2D eigenvalue weighted by Gasteiger charge is 2.30. The topological polar surface area (TPSA) is 81.4 Å². The minimum atomic E-state index is -1.22. The van der Waals surface area contributed by atoms with Gasteiger partial charge in [-0.05, 0) is 29.8 Å². The number of halogens is 1. The molecule has 1 aromatic heterocycles. The molecule has 18 heavy (non-hydrogen) atoms. The Hall–Kier alpha value is -1.37. The van der Waals surface area contributed by atoms with Gasteiger partial charge in [0, 0.05) is 13.0 Å². The molecule has 1 unspecified atom stereocenters. The molecular weight excluding hydrogens is 304 g/mol. The number of carbonyl (C=O) groups excluding carboxylic acids is 1. The third-order valence-electron chi connectivity index (χ3n) is 2.63. The molecule has 1 atom stereocenters. The van der Waals surface area contributed by atoms with Gasteiger partial charge in [0.2, 0.25) is 0 Å². The van der Waals surface area contributed by atoms with Gasteiger partial charge >= 0.3 is 11.9 Å². The lowest BCUT2D eigenvalue weighted by molar-refractivity contribution is -0.156. The maximum atomic E-state index is 11.4. The highest BCUT2D eigenvalue weighted by Crippen LogP contribution is 2.24. The Kier molecular flexibility index (Phi) is 4.89. The number of rotatable bonds is 5. The zero-order valence-corrected chi connectivity index (χ0v) is 12.0. The second-order valence-corrected chi connectivity index (χ2v) is 4.57. The molecular formula is C11H15BrN2O4. The average Bonchev–Trinajstić information content (AvgIpc) is 2.61. The Balaban J connectivity index is 3.07. The van der Waals surface area contributed by atoms with Crippen molar-refractivity contribution in [2.75, 3.05) is 7.11 Å². The number of carboxylic acid groups (broad SMARTS) is 1. The third-order valence-corrected chi connectivity index (χ3v) is 3.67. The van der Waals surface area contributed by atoms with Gasteiger partial charge in [0.25, 0.3) is 0 Å². The molecule has 0 bridgehead atoms. The summed E-state index contributed by atoms with van der Waals surface area (Å²) in [6, 6.07) is 0. The minimum Gasteiger partial charge on any atom is -0.481 e. The van der Waals surface area contributed by atoms with Crippen LogP contribution in [0.15, 0.2) is 4.47 Å². The zero-order valence-electron chi connectivity index (χ0n) is 10.4. The normalized spacial score (nSPS) is 12.2. The predicted octanol–water partition coefficient (Wildman–Crippen LogP) is 1.39. The fraction of sp³-hybridized carbons (Fsp3) is 0.545. The molecule has 0 aromatic carbocycles. The van der Waals surface area contributed by atoms with Crippen molar-refractivity contribution in [3.63, 3.8) is 0 Å². The number of aliphatic carboxylic acids is 1. The highest BCUT2D eigenvalue weighted by atomic mass is 79.9. The monoisotopic (exact) mass is 318 g/mol. The van der Waals surface area contributed by atoms with Crippen LogP contribution in [0.25, 0.3) is 0 Å². The van der Waals surface area contributed by atoms with Gasteiger partial charge in [-0.2, -0.15) is 5.10 Å². The standard InChI is InChI=1S/C11H15BrN2O4/c1-4-14-8(9(12)6(2)13-14)5-7(10(15)16)11(17)18-3/h7H,4-5H2,1-3H3,(H,15,16). The Morgan fingerprint density at radius 2 is 2.17 bits per heavy atom. The minimum absolute atomic E-state index is 0.0528. The first-order valence-electron chi connectivity index (χ1n) is 5.44. The van der Waals surface area contributed by atoms with Crippen LogP contribution in [0.1, 0.15) is 18.3 Å². The lowest BCUT2D eigenvalue weighted by Crippen LogP contribution is -2.28. The van der Waals surface area contributed by atoms with Gasteiger partial charge in [0.05, 0.1) is 23.0 Å². The number of nitrogens with zero attached hydrogens (tertiary/aromatic N) is 2. The van der Waals surface area contributed by atoms with E-state index < -0.39 is 17.9 Å². The number of esters is 1. The Bertz CT molecular complexity index is 470. The molecule has 1 N–H and O–H groups in total. The van der Waals surface area contributed by atoms with Crippen molar-refractivity contribution in [2.45, 2.75) is 26.8 Å². The highest BCUT2D eigenvalue weighted by molar-refractivity contribution is 9.10. The van der Waals surface area contributed by atoms with E-state index in [0.717, 1.165) is 10.2 Å². The SMILES string of the molecule is CCn1nc(C)c(Br)c1CC(C(=O)O)C(=O)OC. The van der Waals surface area contributed by atoms with Gasteiger partial charge in [-0.1, -0.05) is 0 Å². The lowest BCUT2D eigenvalue weighted by Gasteiger charge is -2.11. The quantitative estimate of drug-likeness (QED) is 0.655. The van der Waals surface area contributed by atoms with Crippen molar-refractivity contribution in [3.05, 3.63) is 15.9 Å². The van der Waals surface area contributed by atoms with Gasteiger partial charge in [0.1, 0.15) is 0 Å². The van der Waals surface area contributed by atoms with Crippen LogP contribution in [0.5, 0.6) is 0 Å². The first-order valence-corrected chi connectivity index (χ1v) is 6.24. The van der Waals surface area contributed by atoms with Crippen LogP contribution in [-0.2, 0) is 27.3 Å². The second kappa shape index (κ2) is 5.99. The van der Waals surface area contributed by atoms with Crippen molar-refractivity contribution in [2.24, 2.45) is 5.92 Å². The number of hydrogen-bond acceptors (Lipinski definition) is 4. The summed E-state index contributed by atoms with van der Waals surface area (Å²) in [4.78, 5) is 22.5. The molecule has 0 saturated heterocycles. The summed E-state index contributed by atoms with van der Waals surface area (Å²) < 4.78 is 6.92. The van der Waals surface area contributed by atoms with Crippen LogP contribution in [0.2, 0.25) is 0 Å². The molecule has 6 nitrogen and oxygen atoms in total. The van der Waals surface area contributed by atoms with Crippen molar-refractivity contribution in [1.82, 2.24) is 9.78 Å². The summed E-state index contributed by atoms with van der Waals surface area (Å²) in [5.74, 6) is -3.17. The van der Waals surface area contributed by atoms with Crippen LogP contribution in [0.4, 0.5) is 0 Å². The number of hydrogen-bond donors (Lipinski definition) is 1. The van der Waals surface area contributed by atoms with E-state index in [4.69, 9.17) is 5.11 Å². The summed E-state index contributed by atoms with van der Waals surface area (Å²) in [7, 11) is 1.18. The van der Waals surface area contributed by atoms with Gasteiger partial charge in [-0.15, -0.1) is 0 Å². The fourth-order valence-corrected chi connectivity index (χ4v) is 2.12. The first-order chi connectivity index (χ1) is 8.42. The van der Waals surface area contributed by atoms with E-state index in [-0.39, 0.29) is 6.42 Å². The van der Waals surface area contributed by atoms with Crippen LogP contribution in [-0.4, -0.2) is 33.9 Å². The van der Waals surface area contributed by atoms with Crippen molar-refractivity contribution >= 4 is 27.9 Å². The molecule has 0 radical (unpaired) electrons. The van der Waals surface area contributed by atoms with Gasteiger partial charge in [0.15, 0.2) is 5.92 Å². The smallest absolute Gasteiger partial charge is 0.320 e. The van der Waals surface area contributed by atoms with Crippen LogP contribution >= 0.6 is 15.9 Å². The molecule has 0 saturated carbocycles. The maximum absolute atomic E-state index is 11.4. The number of aryl methyl sites for hydroxylation is 2. The Labute approximate surface area is 113 Å². The molecule has 0 fully saturated rings. The van der Waals surface area contributed by atoms with Crippen molar-refractivity contribution < 1.29 is 19.4 Å². The largest absolute Gasteiger partial charge is 0.481 e. The fourth-order valence-electron chi connectivity index (χ4n) is 1.67. The summed E-state index contributed by atoms with van der Waals surface area (Å²) >= 11 is 3.36. The van der Waals surface area contributed by atoms with Crippen molar-refractivity contribution in [3.8, 4) is 0 Å². The summed E-state index contributed by atoms with van der Waals surface area (Å²) in [5.41, 5.74) is 1.45. The molecule has 7 heteroatoms. The molecule has 0 spiro atoms. The number of aromatic nitrogens is 2. The molecule has 1 heterocycles. The molecule has 0 aliphatic heterocycles. The second-order valence-electron chi connectivity index (χ2n) is 3.78. The van der Waals surface area contributed by atoms with E-state index in [9.17, 15) is 9.59 Å². The zero-order chi connectivity index (χ0) is 13.9. The molecule has 0 aliphatic rings. The number of methoxy groups -OCH3 is 1. The number of carbonyl (C=O) groups is 2. The first kappa shape index (κ1) is 14.7. The molecule has 1 aromatic rings. The predicted molar refractivity (Wildman–Crippen MR) is 67.2 cm³/mol. The van der Waals surface area contributed by atoms with Crippen LogP contribution in [0.3, 0.4) is 0 Å². The van der Waals surface area contributed by atoms with E-state index in [2.05, 4.69) is 25.8 Å². The molecule has 0 amide bonds. The maximum Gasteiger partial charge on any atom is 0.320 e. The summed E-state index contributed by atoms with van der Waals surface area (Å²) in [5, 5.41) is 13.3. The van der Waals surface area contributed by atoms with Crippen molar-refractivity contribution in [1.29, 1.82) is 0 Å². The van der Waals surface area contributed by atoms with Crippen LogP contribution < -0.4 is 0 Å². The van der Waals surface area contributed by atoms with Gasteiger partial charge in [-0.3, -0.25) is 14.3 Å². The number of ether oxygens (including phenoxy) is 1. The third kappa shape index (κ3) is 2.90. The van der Waals surface area contributed by atoms with E-state index in [0.29, 0.717) is 12.2 Å². The summed E-state index contributed by atoms with van der Waals surface area (Å²) in [6.45, 7) is 4.32. The molecule has 0 aliphatic carbocycles. The average molecular weight is 319 g/mol.